The van der Waals surface area contributed by atoms with Gasteiger partial charge in [0.1, 0.15) is 12.4 Å². The van der Waals surface area contributed by atoms with Gasteiger partial charge in [0.2, 0.25) is 5.91 Å². The fourth-order valence-corrected chi connectivity index (χ4v) is 3.23. The van der Waals surface area contributed by atoms with E-state index in [1.54, 1.807) is 41.0 Å². The number of alkyl halides is 3. The van der Waals surface area contributed by atoms with Crippen molar-refractivity contribution in [1.29, 1.82) is 0 Å². The molecule has 0 N–H and O–H groups in total. The average molecular weight is 407 g/mol. The fourth-order valence-electron chi connectivity index (χ4n) is 3.23. The number of aromatic nitrogens is 2. The molecular formula is C21H21F4N3O. The Hall–Kier alpha value is -2.90. The Labute approximate surface area is 165 Å². The molecule has 0 fully saturated rings. The number of hydrogen-bond acceptors (Lipinski definition) is 2. The number of aryl methyl sites for hydroxylation is 1. The predicted molar refractivity (Wildman–Crippen MR) is 102 cm³/mol. The third-order valence-electron chi connectivity index (χ3n) is 5.08. The van der Waals surface area contributed by atoms with E-state index in [0.717, 1.165) is 17.0 Å². The monoisotopic (exact) mass is 407 g/mol. The first-order valence-electron chi connectivity index (χ1n) is 9.14. The zero-order chi connectivity index (χ0) is 21.3. The molecule has 0 saturated carbocycles. The summed E-state index contributed by atoms with van der Waals surface area (Å²) in [6.07, 6.45) is -1.23. The lowest BCUT2D eigenvalue weighted by molar-refractivity contribution is -0.137. The van der Waals surface area contributed by atoms with Crippen molar-refractivity contribution in [3.63, 3.8) is 0 Å². The second kappa shape index (κ2) is 7.85. The molecule has 154 valence electrons. The van der Waals surface area contributed by atoms with Crippen molar-refractivity contribution in [3.8, 4) is 0 Å². The maximum atomic E-state index is 14.4. The van der Waals surface area contributed by atoms with Crippen LogP contribution < -0.4 is 0 Å². The van der Waals surface area contributed by atoms with Gasteiger partial charge in [0, 0.05) is 37.8 Å². The van der Waals surface area contributed by atoms with Crippen LogP contribution in [0, 0.1) is 12.7 Å². The SMILES string of the molecule is CCN(C)C(=O)Cn1ccc2c(Cc3c(C)cc(C(F)(F)F)cc3F)nccc21. The second-order valence-corrected chi connectivity index (χ2v) is 6.97. The van der Waals surface area contributed by atoms with Crippen molar-refractivity contribution in [2.45, 2.75) is 33.0 Å². The van der Waals surface area contributed by atoms with Crippen molar-refractivity contribution >= 4 is 16.8 Å². The van der Waals surface area contributed by atoms with Crippen LogP contribution in [0.5, 0.6) is 0 Å². The number of hydrogen-bond donors (Lipinski definition) is 0. The minimum atomic E-state index is -4.60. The van der Waals surface area contributed by atoms with Crippen molar-refractivity contribution in [2.24, 2.45) is 0 Å². The van der Waals surface area contributed by atoms with Crippen LogP contribution in [-0.4, -0.2) is 34.0 Å². The Kier molecular flexibility index (Phi) is 5.64. The van der Waals surface area contributed by atoms with Crippen molar-refractivity contribution in [1.82, 2.24) is 14.5 Å². The van der Waals surface area contributed by atoms with E-state index >= 15 is 0 Å². The molecule has 0 aliphatic rings. The Morgan fingerprint density at radius 3 is 2.59 bits per heavy atom. The second-order valence-electron chi connectivity index (χ2n) is 6.97. The highest BCUT2D eigenvalue weighted by molar-refractivity contribution is 5.85. The Morgan fingerprint density at radius 2 is 1.97 bits per heavy atom. The molecule has 0 atom stereocenters. The molecule has 0 aliphatic heterocycles. The first-order valence-corrected chi connectivity index (χ1v) is 9.14. The number of nitrogens with zero attached hydrogens (tertiary/aromatic N) is 3. The van der Waals surface area contributed by atoms with Crippen LogP contribution in [0.2, 0.25) is 0 Å². The molecule has 0 bridgehead atoms. The number of pyridine rings is 1. The summed E-state index contributed by atoms with van der Waals surface area (Å²) in [5.41, 5.74) is 0.687. The lowest BCUT2D eigenvalue weighted by Gasteiger charge is -2.15. The van der Waals surface area contributed by atoms with E-state index in [1.807, 2.05) is 6.92 Å². The summed E-state index contributed by atoms with van der Waals surface area (Å²) in [6, 6.07) is 5.01. The van der Waals surface area contributed by atoms with E-state index in [-0.39, 0.29) is 30.0 Å². The van der Waals surface area contributed by atoms with Gasteiger partial charge in [-0.15, -0.1) is 0 Å². The van der Waals surface area contributed by atoms with Crippen LogP contribution in [0.4, 0.5) is 17.6 Å². The van der Waals surface area contributed by atoms with E-state index < -0.39 is 17.6 Å². The summed E-state index contributed by atoms with van der Waals surface area (Å²) in [4.78, 5) is 18.1. The summed E-state index contributed by atoms with van der Waals surface area (Å²) in [5.74, 6) is -0.955. The van der Waals surface area contributed by atoms with Gasteiger partial charge < -0.3 is 9.47 Å². The van der Waals surface area contributed by atoms with Gasteiger partial charge >= 0.3 is 6.18 Å². The highest BCUT2D eigenvalue weighted by Gasteiger charge is 2.32. The van der Waals surface area contributed by atoms with Gasteiger partial charge in [0.25, 0.3) is 0 Å². The fraction of sp³-hybridized carbons (Fsp3) is 0.333. The molecule has 2 heterocycles. The Bertz CT molecular complexity index is 1030. The molecule has 0 spiro atoms. The minimum Gasteiger partial charge on any atom is -0.344 e. The molecule has 4 nitrogen and oxygen atoms in total. The van der Waals surface area contributed by atoms with Gasteiger partial charge in [-0.25, -0.2) is 4.39 Å². The van der Waals surface area contributed by atoms with Crippen LogP contribution in [0.3, 0.4) is 0 Å². The van der Waals surface area contributed by atoms with Gasteiger partial charge in [-0.3, -0.25) is 9.78 Å². The lowest BCUT2D eigenvalue weighted by Crippen LogP contribution is -2.29. The molecule has 0 radical (unpaired) electrons. The number of rotatable bonds is 5. The zero-order valence-electron chi connectivity index (χ0n) is 16.3. The van der Waals surface area contributed by atoms with Crippen LogP contribution in [0.25, 0.3) is 10.9 Å². The summed E-state index contributed by atoms with van der Waals surface area (Å²) < 4.78 is 54.9. The normalized spacial score (nSPS) is 11.8. The number of likely N-dealkylation sites (N-methyl/N-ethyl adjacent to an activating group) is 1. The quantitative estimate of drug-likeness (QED) is 0.581. The maximum Gasteiger partial charge on any atom is 0.416 e. The Morgan fingerprint density at radius 1 is 1.24 bits per heavy atom. The maximum absolute atomic E-state index is 14.4. The first-order chi connectivity index (χ1) is 13.6. The lowest BCUT2D eigenvalue weighted by atomic mass is 9.98. The number of fused-ring (bicyclic) bond motifs is 1. The molecular weight excluding hydrogens is 386 g/mol. The Balaban J connectivity index is 1.95. The summed E-state index contributed by atoms with van der Waals surface area (Å²) >= 11 is 0. The minimum absolute atomic E-state index is 0.0482. The van der Waals surface area contributed by atoms with E-state index in [0.29, 0.717) is 18.3 Å². The van der Waals surface area contributed by atoms with Gasteiger partial charge in [0.15, 0.2) is 0 Å². The average Bonchev–Trinajstić information content (AvgIpc) is 3.06. The van der Waals surface area contributed by atoms with Crippen molar-refractivity contribution in [2.75, 3.05) is 13.6 Å². The largest absolute Gasteiger partial charge is 0.416 e. The van der Waals surface area contributed by atoms with E-state index in [4.69, 9.17) is 0 Å². The topological polar surface area (TPSA) is 38.1 Å². The van der Waals surface area contributed by atoms with Crippen LogP contribution in [0.1, 0.15) is 29.3 Å². The van der Waals surface area contributed by atoms with Crippen LogP contribution in [0.15, 0.2) is 36.7 Å². The number of benzene rings is 1. The van der Waals surface area contributed by atoms with Gasteiger partial charge in [0.05, 0.1) is 16.8 Å². The van der Waals surface area contributed by atoms with E-state index in [1.165, 1.54) is 6.92 Å². The van der Waals surface area contributed by atoms with E-state index in [2.05, 4.69) is 4.98 Å². The van der Waals surface area contributed by atoms with Crippen molar-refractivity contribution < 1.29 is 22.4 Å². The molecule has 3 aromatic rings. The first kappa shape index (κ1) is 20.8. The predicted octanol–water partition coefficient (Wildman–Crippen LogP) is 4.57. The molecule has 0 saturated heterocycles. The number of carbonyl (C=O) groups excluding carboxylic acids is 1. The van der Waals surface area contributed by atoms with Crippen molar-refractivity contribution in [3.05, 3.63) is 64.9 Å². The third-order valence-corrected chi connectivity index (χ3v) is 5.08. The smallest absolute Gasteiger partial charge is 0.344 e. The molecule has 1 aromatic carbocycles. The molecule has 8 heteroatoms. The molecule has 1 amide bonds. The molecule has 3 rings (SSSR count). The van der Waals surface area contributed by atoms with Crippen LogP contribution >= 0.6 is 0 Å². The number of halogens is 4. The highest BCUT2D eigenvalue weighted by Crippen LogP contribution is 2.32. The number of amides is 1. The standard InChI is InChI=1S/C21H21F4N3O/c1-4-27(3)20(29)12-28-8-6-15-18(26-7-5-19(15)28)11-16-13(2)9-14(10-17(16)22)21(23,24)25/h5-10H,4,11-12H2,1-3H3. The van der Waals surface area contributed by atoms with Gasteiger partial charge in [-0.05, 0) is 49.2 Å². The molecule has 29 heavy (non-hydrogen) atoms. The third kappa shape index (κ3) is 4.26. The number of carbonyl (C=O) groups is 1. The molecule has 0 aliphatic carbocycles. The highest BCUT2D eigenvalue weighted by atomic mass is 19.4. The molecule has 0 unspecified atom stereocenters. The summed E-state index contributed by atoms with van der Waals surface area (Å²) in [7, 11) is 1.72. The summed E-state index contributed by atoms with van der Waals surface area (Å²) in [5, 5.41) is 0.734. The molecule has 2 aromatic heterocycles. The van der Waals surface area contributed by atoms with Gasteiger partial charge in [-0.2, -0.15) is 13.2 Å². The zero-order valence-corrected chi connectivity index (χ0v) is 16.3. The van der Waals surface area contributed by atoms with Crippen LogP contribution in [-0.2, 0) is 23.9 Å². The van der Waals surface area contributed by atoms with Gasteiger partial charge in [-0.1, -0.05) is 0 Å². The van der Waals surface area contributed by atoms with E-state index in [9.17, 15) is 22.4 Å². The summed E-state index contributed by atoms with van der Waals surface area (Å²) in [6.45, 7) is 4.09.